The quantitative estimate of drug-likeness (QED) is 0.570. The molecule has 9 heavy (non-hydrogen) atoms. The van der Waals surface area contributed by atoms with Gasteiger partial charge in [0.05, 0.1) is 5.60 Å². The van der Waals surface area contributed by atoms with Crippen molar-refractivity contribution >= 4 is 0 Å². The first-order chi connectivity index (χ1) is 4.06. The lowest BCUT2D eigenvalue weighted by atomic mass is 9.98. The molecule has 1 unspecified atom stereocenters. The molecule has 2 nitrogen and oxygen atoms in total. The molecule has 0 amide bonds. The normalized spacial score (nSPS) is 26.3. The number of hydrogen-bond donors (Lipinski definition) is 2. The zero-order chi connectivity index (χ0) is 7.07. The van der Waals surface area contributed by atoms with Crippen molar-refractivity contribution in [2.24, 2.45) is 11.7 Å². The molecular weight excluding hydrogens is 114 g/mol. The van der Waals surface area contributed by atoms with E-state index in [2.05, 4.69) is 0 Å². The van der Waals surface area contributed by atoms with Gasteiger partial charge in [0, 0.05) is 6.04 Å². The number of hydrogen-bond acceptors (Lipinski definition) is 2. The summed E-state index contributed by atoms with van der Waals surface area (Å²) < 4.78 is 0. The van der Waals surface area contributed by atoms with Crippen molar-refractivity contribution in [1.82, 2.24) is 0 Å². The number of rotatable bonds is 2. The largest absolute Gasteiger partial charge is 0.388 e. The highest BCUT2D eigenvalue weighted by molar-refractivity contribution is 5.02. The lowest BCUT2D eigenvalue weighted by molar-refractivity contribution is 0.100. The summed E-state index contributed by atoms with van der Waals surface area (Å²) in [6.07, 6.45) is 1.79. The van der Waals surface area contributed by atoms with Gasteiger partial charge in [-0.25, -0.2) is 0 Å². The molecule has 1 saturated carbocycles. The SMILES string of the molecule is CC(C)C(N)C1(O)CC1. The van der Waals surface area contributed by atoms with Gasteiger partial charge in [-0.15, -0.1) is 0 Å². The third-order valence-electron chi connectivity index (χ3n) is 2.10. The molecule has 0 aromatic carbocycles. The molecule has 1 rings (SSSR count). The lowest BCUT2D eigenvalue weighted by Crippen LogP contribution is -2.40. The van der Waals surface area contributed by atoms with Crippen LogP contribution < -0.4 is 5.73 Å². The zero-order valence-corrected chi connectivity index (χ0v) is 6.09. The maximum absolute atomic E-state index is 9.44. The van der Waals surface area contributed by atoms with Crippen LogP contribution in [0.4, 0.5) is 0 Å². The van der Waals surface area contributed by atoms with Gasteiger partial charge in [0.1, 0.15) is 0 Å². The minimum absolute atomic E-state index is 0.0162. The van der Waals surface area contributed by atoms with Crippen molar-refractivity contribution < 1.29 is 5.11 Å². The second kappa shape index (κ2) is 1.96. The van der Waals surface area contributed by atoms with Gasteiger partial charge in [0.25, 0.3) is 0 Å². The Hall–Kier alpha value is -0.0800. The highest BCUT2D eigenvalue weighted by Gasteiger charge is 2.46. The Labute approximate surface area is 56.1 Å². The van der Waals surface area contributed by atoms with Crippen LogP contribution >= 0.6 is 0 Å². The standard InChI is InChI=1S/C7H15NO/c1-5(2)6(8)7(9)3-4-7/h5-6,9H,3-4,8H2,1-2H3. The third kappa shape index (κ3) is 1.25. The molecule has 3 N–H and O–H groups in total. The van der Waals surface area contributed by atoms with Crippen LogP contribution in [0.5, 0.6) is 0 Å². The van der Waals surface area contributed by atoms with Gasteiger partial charge in [0.2, 0.25) is 0 Å². The van der Waals surface area contributed by atoms with Crippen molar-refractivity contribution in [3.63, 3.8) is 0 Å². The molecule has 0 aromatic heterocycles. The summed E-state index contributed by atoms with van der Waals surface area (Å²) in [6.45, 7) is 4.09. The smallest absolute Gasteiger partial charge is 0.0802 e. The van der Waals surface area contributed by atoms with Crippen LogP contribution in [0, 0.1) is 5.92 Å². The lowest BCUT2D eigenvalue weighted by Gasteiger charge is -2.20. The molecule has 54 valence electrons. The molecule has 0 aliphatic heterocycles. The first kappa shape index (κ1) is 7.03. The van der Waals surface area contributed by atoms with E-state index in [0.29, 0.717) is 5.92 Å². The predicted molar refractivity (Wildman–Crippen MR) is 37.0 cm³/mol. The minimum atomic E-state index is -0.492. The Morgan fingerprint density at radius 1 is 1.44 bits per heavy atom. The monoisotopic (exact) mass is 129 g/mol. The summed E-state index contributed by atoms with van der Waals surface area (Å²) in [5.41, 5.74) is 5.21. The molecule has 1 aliphatic rings. The van der Waals surface area contributed by atoms with E-state index in [-0.39, 0.29) is 6.04 Å². The molecule has 0 spiro atoms. The van der Waals surface area contributed by atoms with Gasteiger partial charge in [-0.3, -0.25) is 0 Å². The highest BCUT2D eigenvalue weighted by atomic mass is 16.3. The first-order valence-electron chi connectivity index (χ1n) is 3.54. The van der Waals surface area contributed by atoms with Crippen LogP contribution in [0.1, 0.15) is 26.7 Å². The van der Waals surface area contributed by atoms with Crippen LogP contribution in [-0.2, 0) is 0 Å². The molecule has 2 heteroatoms. The van der Waals surface area contributed by atoms with Gasteiger partial charge in [-0.1, -0.05) is 13.8 Å². The van der Waals surface area contributed by atoms with E-state index in [0.717, 1.165) is 12.8 Å². The Morgan fingerprint density at radius 3 is 2.00 bits per heavy atom. The molecule has 0 saturated heterocycles. The molecule has 1 fully saturated rings. The average Bonchev–Trinajstić information content (AvgIpc) is 2.47. The molecule has 0 bridgehead atoms. The topological polar surface area (TPSA) is 46.2 Å². The molecule has 1 aliphatic carbocycles. The van der Waals surface area contributed by atoms with E-state index in [1.54, 1.807) is 0 Å². The van der Waals surface area contributed by atoms with Gasteiger partial charge in [-0.05, 0) is 18.8 Å². The van der Waals surface area contributed by atoms with Gasteiger partial charge in [-0.2, -0.15) is 0 Å². The van der Waals surface area contributed by atoms with Crippen molar-refractivity contribution in [2.75, 3.05) is 0 Å². The van der Waals surface area contributed by atoms with E-state index >= 15 is 0 Å². The second-order valence-electron chi connectivity index (χ2n) is 3.37. The number of aliphatic hydroxyl groups is 1. The summed E-state index contributed by atoms with van der Waals surface area (Å²) in [5.74, 6) is 0.400. The first-order valence-corrected chi connectivity index (χ1v) is 3.54. The highest BCUT2D eigenvalue weighted by Crippen LogP contribution is 2.39. The van der Waals surface area contributed by atoms with Gasteiger partial charge >= 0.3 is 0 Å². The molecule has 1 atom stereocenters. The molecule has 0 radical (unpaired) electrons. The van der Waals surface area contributed by atoms with Crippen LogP contribution in [-0.4, -0.2) is 16.7 Å². The fourth-order valence-corrected chi connectivity index (χ4v) is 1.08. The van der Waals surface area contributed by atoms with Crippen molar-refractivity contribution in [2.45, 2.75) is 38.3 Å². The Morgan fingerprint density at radius 2 is 1.89 bits per heavy atom. The van der Waals surface area contributed by atoms with Crippen molar-refractivity contribution in [1.29, 1.82) is 0 Å². The van der Waals surface area contributed by atoms with Crippen LogP contribution in [0.25, 0.3) is 0 Å². The van der Waals surface area contributed by atoms with Crippen LogP contribution in [0.15, 0.2) is 0 Å². The zero-order valence-electron chi connectivity index (χ0n) is 6.09. The third-order valence-corrected chi connectivity index (χ3v) is 2.10. The summed E-state index contributed by atoms with van der Waals surface area (Å²) in [6, 6.07) is -0.0162. The molecule has 0 aromatic rings. The van der Waals surface area contributed by atoms with E-state index in [1.807, 2.05) is 13.8 Å². The molecule has 0 heterocycles. The Bertz CT molecular complexity index is 107. The fraction of sp³-hybridized carbons (Fsp3) is 1.00. The average molecular weight is 129 g/mol. The molecular formula is C7H15NO. The maximum atomic E-state index is 9.44. The van der Waals surface area contributed by atoms with Crippen molar-refractivity contribution in [3.8, 4) is 0 Å². The van der Waals surface area contributed by atoms with E-state index in [4.69, 9.17) is 5.73 Å². The Kier molecular flexibility index (Phi) is 1.53. The summed E-state index contributed by atoms with van der Waals surface area (Å²) in [4.78, 5) is 0. The van der Waals surface area contributed by atoms with E-state index in [1.165, 1.54) is 0 Å². The van der Waals surface area contributed by atoms with E-state index < -0.39 is 5.60 Å². The minimum Gasteiger partial charge on any atom is -0.388 e. The van der Waals surface area contributed by atoms with Crippen LogP contribution in [0.2, 0.25) is 0 Å². The fourth-order valence-electron chi connectivity index (χ4n) is 1.08. The summed E-state index contributed by atoms with van der Waals surface area (Å²) >= 11 is 0. The number of nitrogens with two attached hydrogens (primary N) is 1. The van der Waals surface area contributed by atoms with Gasteiger partial charge in [0.15, 0.2) is 0 Å². The second-order valence-corrected chi connectivity index (χ2v) is 3.37. The maximum Gasteiger partial charge on any atom is 0.0802 e. The Balaban J connectivity index is 2.42. The van der Waals surface area contributed by atoms with Gasteiger partial charge < -0.3 is 10.8 Å². The summed E-state index contributed by atoms with van der Waals surface area (Å²) in [5, 5.41) is 9.44. The van der Waals surface area contributed by atoms with Crippen LogP contribution in [0.3, 0.4) is 0 Å². The summed E-state index contributed by atoms with van der Waals surface area (Å²) in [7, 11) is 0. The predicted octanol–water partition coefficient (Wildman–Crippen LogP) is 0.495. The van der Waals surface area contributed by atoms with Crippen molar-refractivity contribution in [3.05, 3.63) is 0 Å². The van der Waals surface area contributed by atoms with E-state index in [9.17, 15) is 5.11 Å².